The molecule has 226 valence electrons. The van der Waals surface area contributed by atoms with Crippen molar-refractivity contribution in [3.8, 4) is 17.2 Å². The molecule has 1 unspecified atom stereocenters. The Morgan fingerprint density at radius 3 is 2.09 bits per heavy atom. The Morgan fingerprint density at radius 2 is 1.28 bits per heavy atom. The zero-order valence-corrected chi connectivity index (χ0v) is 26.7. The maximum Gasteiger partial charge on any atom is 0.129 e. The Kier molecular flexibility index (Phi) is 6.91. The van der Waals surface area contributed by atoms with Crippen molar-refractivity contribution in [3.63, 3.8) is 0 Å². The number of ether oxygens (including phenoxy) is 1. The van der Waals surface area contributed by atoms with Crippen LogP contribution in [0.5, 0.6) is 11.5 Å². The maximum absolute atomic E-state index is 6.78. The molecule has 2 heterocycles. The summed E-state index contributed by atoms with van der Waals surface area (Å²) in [5, 5.41) is 2.45. The Balaban J connectivity index is 1.21. The van der Waals surface area contributed by atoms with Crippen LogP contribution >= 0.6 is 0 Å². The Morgan fingerprint density at radius 1 is 0.587 bits per heavy atom. The van der Waals surface area contributed by atoms with Gasteiger partial charge in [0.25, 0.3) is 0 Å². The van der Waals surface area contributed by atoms with Crippen molar-refractivity contribution in [1.29, 1.82) is 0 Å². The first-order chi connectivity index (χ1) is 22.4. The Hall–Kier alpha value is -5.28. The molecule has 0 fully saturated rings. The summed E-state index contributed by atoms with van der Waals surface area (Å²) in [5.41, 5.74) is 9.87. The average Bonchev–Trinajstić information content (AvgIpc) is 3.41. The lowest BCUT2D eigenvalue weighted by Gasteiger charge is -2.37. The van der Waals surface area contributed by atoms with E-state index in [0.717, 1.165) is 35.7 Å². The zero-order valence-electron chi connectivity index (χ0n) is 26.7. The van der Waals surface area contributed by atoms with E-state index in [1.54, 1.807) is 0 Å². The first-order valence-electron chi connectivity index (χ1n) is 16.3. The van der Waals surface area contributed by atoms with Gasteiger partial charge in [0.2, 0.25) is 0 Å². The molecule has 1 aromatic heterocycles. The molecule has 0 amide bonds. The number of fused-ring (bicyclic) bond motifs is 4. The molecule has 1 aliphatic heterocycles. The number of para-hydroxylation sites is 3. The summed E-state index contributed by atoms with van der Waals surface area (Å²) in [6, 6.07) is 52.3. The molecule has 8 rings (SSSR count). The van der Waals surface area contributed by atoms with Crippen LogP contribution in [0.4, 0.5) is 11.4 Å². The summed E-state index contributed by atoms with van der Waals surface area (Å²) >= 11 is 0. The first kappa shape index (κ1) is 28.2. The fraction of sp³-hybridized carbons (Fsp3) is 0.163. The minimum absolute atomic E-state index is 0.0420. The van der Waals surface area contributed by atoms with Gasteiger partial charge in [-0.1, -0.05) is 106 Å². The van der Waals surface area contributed by atoms with Gasteiger partial charge >= 0.3 is 0 Å². The van der Waals surface area contributed by atoms with E-state index in [-0.39, 0.29) is 5.41 Å². The van der Waals surface area contributed by atoms with Crippen LogP contribution in [0.1, 0.15) is 49.8 Å². The fourth-order valence-electron chi connectivity index (χ4n) is 7.10. The molecule has 1 atom stereocenters. The van der Waals surface area contributed by atoms with Gasteiger partial charge in [0.15, 0.2) is 0 Å². The third-order valence-electron chi connectivity index (χ3n) is 9.41. The van der Waals surface area contributed by atoms with E-state index in [1.807, 2.05) is 0 Å². The van der Waals surface area contributed by atoms with Crippen molar-refractivity contribution in [3.05, 3.63) is 162 Å². The van der Waals surface area contributed by atoms with Crippen LogP contribution in [0.25, 0.3) is 27.5 Å². The fourth-order valence-corrected chi connectivity index (χ4v) is 7.10. The molecule has 3 nitrogen and oxygen atoms in total. The predicted molar refractivity (Wildman–Crippen MR) is 192 cm³/mol. The minimum Gasteiger partial charge on any atom is -0.457 e. The number of rotatable bonds is 5. The molecule has 0 bridgehead atoms. The average molecular weight is 599 g/mol. The van der Waals surface area contributed by atoms with Crippen LogP contribution in [0.3, 0.4) is 0 Å². The molecule has 0 spiro atoms. The van der Waals surface area contributed by atoms with E-state index in [1.165, 1.54) is 44.4 Å². The highest BCUT2D eigenvalue weighted by atomic mass is 16.5. The molecule has 0 N–H and O–H groups in total. The second kappa shape index (κ2) is 11.3. The Bertz CT molecular complexity index is 2170. The molecule has 0 aliphatic carbocycles. The molecule has 7 aromatic rings. The molecule has 6 aromatic carbocycles. The number of aromatic nitrogens is 1. The first-order valence-corrected chi connectivity index (χ1v) is 16.3. The van der Waals surface area contributed by atoms with Gasteiger partial charge in [-0.2, -0.15) is 0 Å². The Labute approximate surface area is 271 Å². The number of hydrogen-bond acceptors (Lipinski definition) is 2. The van der Waals surface area contributed by atoms with Crippen molar-refractivity contribution < 1.29 is 4.74 Å². The largest absolute Gasteiger partial charge is 0.457 e. The lowest BCUT2D eigenvalue weighted by Crippen LogP contribution is -2.27. The van der Waals surface area contributed by atoms with Gasteiger partial charge in [-0.05, 0) is 77.1 Å². The van der Waals surface area contributed by atoms with Crippen LogP contribution < -0.4 is 9.64 Å². The summed E-state index contributed by atoms with van der Waals surface area (Å²) in [6.45, 7) is 7.76. The van der Waals surface area contributed by atoms with Gasteiger partial charge in [0.05, 0.1) is 11.0 Å². The third kappa shape index (κ3) is 5.02. The van der Waals surface area contributed by atoms with E-state index in [2.05, 4.69) is 176 Å². The lowest BCUT2D eigenvalue weighted by molar-refractivity contribution is 0.479. The van der Waals surface area contributed by atoms with Gasteiger partial charge in [-0.15, -0.1) is 0 Å². The quantitative estimate of drug-likeness (QED) is 0.196. The van der Waals surface area contributed by atoms with Gasteiger partial charge in [-0.3, -0.25) is 0 Å². The van der Waals surface area contributed by atoms with Crippen molar-refractivity contribution in [2.24, 2.45) is 0 Å². The monoisotopic (exact) mass is 598 g/mol. The molecule has 1 aliphatic rings. The zero-order chi connectivity index (χ0) is 31.3. The van der Waals surface area contributed by atoms with E-state index >= 15 is 0 Å². The minimum atomic E-state index is -0.0420. The smallest absolute Gasteiger partial charge is 0.129 e. The SMILES string of the molecule is CC(C)(C)c1cc(Oc2ccc3c4ccccc4n(-c4ccccc4)c3c2)cc(N2CCC(c3ccccc3)c3ccccc32)c1. The summed E-state index contributed by atoms with van der Waals surface area (Å²) in [4.78, 5) is 2.48. The summed E-state index contributed by atoms with van der Waals surface area (Å²) in [7, 11) is 0. The highest BCUT2D eigenvalue weighted by Crippen LogP contribution is 2.44. The maximum atomic E-state index is 6.78. The number of anilines is 2. The normalized spacial score (nSPS) is 14.8. The van der Waals surface area contributed by atoms with E-state index in [9.17, 15) is 0 Å². The van der Waals surface area contributed by atoms with Crippen molar-refractivity contribution in [2.75, 3.05) is 11.4 Å². The third-order valence-corrected chi connectivity index (χ3v) is 9.41. The van der Waals surface area contributed by atoms with Crippen LogP contribution in [-0.2, 0) is 5.41 Å². The van der Waals surface area contributed by atoms with Gasteiger partial charge < -0.3 is 14.2 Å². The van der Waals surface area contributed by atoms with Crippen LogP contribution in [-0.4, -0.2) is 11.1 Å². The van der Waals surface area contributed by atoms with E-state index in [0.29, 0.717) is 5.92 Å². The molecule has 0 saturated heterocycles. The molecule has 0 saturated carbocycles. The van der Waals surface area contributed by atoms with Crippen LogP contribution in [0, 0.1) is 0 Å². The second-order valence-electron chi connectivity index (χ2n) is 13.4. The standard InChI is InChI=1S/C43H38N2O/c1-43(2,3)31-26-33(44-25-24-36(30-14-6-4-7-15-30)37-18-10-12-20-40(37)44)28-35(27-31)46-34-22-23-39-38-19-11-13-21-41(38)45(42(39)29-34)32-16-8-5-9-17-32/h4-23,26-29,36H,24-25H2,1-3H3. The topological polar surface area (TPSA) is 17.4 Å². The van der Waals surface area contributed by atoms with Crippen LogP contribution in [0.2, 0.25) is 0 Å². The highest BCUT2D eigenvalue weighted by Gasteiger charge is 2.28. The molecule has 0 radical (unpaired) electrons. The predicted octanol–water partition coefficient (Wildman–Crippen LogP) is 11.5. The lowest BCUT2D eigenvalue weighted by atomic mass is 9.83. The summed E-state index contributed by atoms with van der Waals surface area (Å²) < 4.78 is 9.11. The summed E-state index contributed by atoms with van der Waals surface area (Å²) in [6.07, 6.45) is 1.05. The summed E-state index contributed by atoms with van der Waals surface area (Å²) in [5.74, 6) is 2.07. The molecular formula is C43H38N2O. The van der Waals surface area contributed by atoms with E-state index < -0.39 is 0 Å². The second-order valence-corrected chi connectivity index (χ2v) is 13.4. The van der Waals surface area contributed by atoms with Crippen molar-refractivity contribution >= 4 is 33.2 Å². The highest BCUT2D eigenvalue weighted by molar-refractivity contribution is 6.09. The molecular weight excluding hydrogens is 560 g/mol. The van der Waals surface area contributed by atoms with Gasteiger partial charge in [-0.25, -0.2) is 0 Å². The number of hydrogen-bond donors (Lipinski definition) is 0. The van der Waals surface area contributed by atoms with Crippen molar-refractivity contribution in [2.45, 2.75) is 38.5 Å². The molecule has 46 heavy (non-hydrogen) atoms. The molecule has 3 heteroatoms. The van der Waals surface area contributed by atoms with Crippen molar-refractivity contribution in [1.82, 2.24) is 4.57 Å². The number of benzene rings is 6. The number of nitrogens with zero attached hydrogens (tertiary/aromatic N) is 2. The van der Waals surface area contributed by atoms with Crippen LogP contribution in [0.15, 0.2) is 146 Å². The van der Waals surface area contributed by atoms with Gasteiger partial charge in [0.1, 0.15) is 11.5 Å². The van der Waals surface area contributed by atoms with Gasteiger partial charge in [0, 0.05) is 52.4 Å². The van der Waals surface area contributed by atoms with E-state index in [4.69, 9.17) is 4.74 Å².